The predicted molar refractivity (Wildman–Crippen MR) is 135 cm³/mol. The van der Waals surface area contributed by atoms with E-state index in [0.29, 0.717) is 23.4 Å². The van der Waals surface area contributed by atoms with Gasteiger partial charge in [0.05, 0.1) is 11.3 Å². The van der Waals surface area contributed by atoms with Gasteiger partial charge >= 0.3 is 6.09 Å². The SMILES string of the molecule is CC(C)(CNC(=O)OC(C)(C)C)CN1CCC(NC(=O)c2ccc(-c3cccc(F)c3)nc2)CC1. The van der Waals surface area contributed by atoms with Gasteiger partial charge in [-0.05, 0) is 63.3 Å². The molecule has 190 valence electrons. The topological polar surface area (TPSA) is 83.6 Å². The number of hydrogen-bond donors (Lipinski definition) is 2. The number of alkyl carbamates (subject to hydrolysis) is 1. The van der Waals surface area contributed by atoms with Crippen LogP contribution >= 0.6 is 0 Å². The van der Waals surface area contributed by atoms with E-state index in [4.69, 9.17) is 4.74 Å². The second-order valence-electron chi connectivity index (χ2n) is 11.0. The minimum Gasteiger partial charge on any atom is -0.444 e. The minimum atomic E-state index is -0.514. The maximum Gasteiger partial charge on any atom is 0.407 e. The third-order valence-electron chi connectivity index (χ3n) is 5.83. The summed E-state index contributed by atoms with van der Waals surface area (Å²) in [6.45, 7) is 12.9. The van der Waals surface area contributed by atoms with Crippen LogP contribution in [0.25, 0.3) is 11.3 Å². The second-order valence-corrected chi connectivity index (χ2v) is 11.0. The first-order chi connectivity index (χ1) is 16.4. The number of carbonyl (C=O) groups excluding carboxylic acids is 2. The lowest BCUT2D eigenvalue weighted by Crippen LogP contribution is -2.49. The normalized spacial score (nSPS) is 15.5. The molecule has 8 heteroatoms. The van der Waals surface area contributed by atoms with Gasteiger partial charge in [-0.1, -0.05) is 26.0 Å². The van der Waals surface area contributed by atoms with Gasteiger partial charge in [-0.2, -0.15) is 0 Å². The van der Waals surface area contributed by atoms with Crippen LogP contribution < -0.4 is 10.6 Å². The smallest absolute Gasteiger partial charge is 0.407 e. The quantitative estimate of drug-likeness (QED) is 0.599. The number of amides is 2. The Morgan fingerprint density at radius 1 is 1.11 bits per heavy atom. The molecular weight excluding hydrogens is 447 g/mol. The Balaban J connectivity index is 1.43. The average Bonchev–Trinajstić information content (AvgIpc) is 2.78. The molecule has 0 radical (unpaired) electrons. The first-order valence-corrected chi connectivity index (χ1v) is 12.1. The van der Waals surface area contributed by atoms with E-state index in [9.17, 15) is 14.0 Å². The minimum absolute atomic E-state index is 0.102. The summed E-state index contributed by atoms with van der Waals surface area (Å²) in [7, 11) is 0. The molecule has 1 aromatic carbocycles. The monoisotopic (exact) mass is 484 g/mol. The number of ether oxygens (including phenoxy) is 1. The van der Waals surface area contributed by atoms with Gasteiger partial charge in [-0.3, -0.25) is 9.78 Å². The van der Waals surface area contributed by atoms with Crippen molar-refractivity contribution in [2.24, 2.45) is 5.41 Å². The van der Waals surface area contributed by atoms with Crippen LogP contribution in [0, 0.1) is 11.2 Å². The Bertz CT molecular complexity index is 1010. The van der Waals surface area contributed by atoms with Crippen molar-refractivity contribution >= 4 is 12.0 Å². The number of likely N-dealkylation sites (tertiary alicyclic amines) is 1. The van der Waals surface area contributed by atoms with E-state index in [1.54, 1.807) is 24.3 Å². The van der Waals surface area contributed by atoms with Crippen LogP contribution in [0.15, 0.2) is 42.6 Å². The molecule has 0 aliphatic carbocycles. The summed E-state index contributed by atoms with van der Waals surface area (Å²) in [6.07, 6.45) is 2.85. The zero-order chi connectivity index (χ0) is 25.6. The van der Waals surface area contributed by atoms with Crippen LogP contribution in [-0.4, -0.2) is 59.7 Å². The lowest BCUT2D eigenvalue weighted by atomic mass is 9.91. The number of carbonyl (C=O) groups is 2. The van der Waals surface area contributed by atoms with Crippen molar-refractivity contribution in [1.29, 1.82) is 0 Å². The number of nitrogens with one attached hydrogen (secondary N) is 2. The predicted octanol–water partition coefficient (Wildman–Crippen LogP) is 4.63. The average molecular weight is 485 g/mol. The maximum atomic E-state index is 13.4. The fourth-order valence-electron chi connectivity index (χ4n) is 4.14. The highest BCUT2D eigenvalue weighted by atomic mass is 19.1. The van der Waals surface area contributed by atoms with Gasteiger partial charge in [0.25, 0.3) is 5.91 Å². The molecule has 1 fully saturated rings. The molecule has 0 bridgehead atoms. The highest BCUT2D eigenvalue weighted by Crippen LogP contribution is 2.21. The van der Waals surface area contributed by atoms with E-state index < -0.39 is 11.7 Å². The Hall–Kier alpha value is -3.00. The molecule has 1 aliphatic heterocycles. The fourth-order valence-corrected chi connectivity index (χ4v) is 4.14. The molecule has 1 aromatic heterocycles. The molecule has 0 saturated carbocycles. The number of hydrogen-bond acceptors (Lipinski definition) is 5. The lowest BCUT2D eigenvalue weighted by Gasteiger charge is -2.37. The molecule has 3 rings (SSSR count). The van der Waals surface area contributed by atoms with E-state index >= 15 is 0 Å². The highest BCUT2D eigenvalue weighted by molar-refractivity contribution is 5.94. The number of nitrogens with zero attached hydrogens (tertiary/aromatic N) is 2. The van der Waals surface area contributed by atoms with E-state index in [-0.39, 0.29) is 23.2 Å². The molecular formula is C27H37FN4O3. The van der Waals surface area contributed by atoms with E-state index in [1.165, 1.54) is 18.3 Å². The van der Waals surface area contributed by atoms with Crippen molar-refractivity contribution in [3.63, 3.8) is 0 Å². The Kier molecular flexibility index (Phi) is 8.48. The molecule has 0 spiro atoms. The van der Waals surface area contributed by atoms with Crippen LogP contribution in [0.5, 0.6) is 0 Å². The summed E-state index contributed by atoms with van der Waals surface area (Å²) in [5.41, 5.74) is 1.16. The van der Waals surface area contributed by atoms with Gasteiger partial charge in [0.2, 0.25) is 0 Å². The summed E-state index contributed by atoms with van der Waals surface area (Å²) in [4.78, 5) is 31.4. The molecule has 7 nitrogen and oxygen atoms in total. The standard InChI is InChI=1S/C27H37FN4O3/c1-26(2,3)35-25(34)30-17-27(4,5)18-32-13-11-22(12-14-32)31-24(33)20-9-10-23(29-16-20)19-7-6-8-21(28)15-19/h6-10,15-16,22H,11-14,17-18H2,1-5H3,(H,30,34)(H,31,33). The molecule has 0 unspecified atom stereocenters. The van der Waals surface area contributed by atoms with Crippen molar-refractivity contribution in [2.75, 3.05) is 26.2 Å². The molecule has 2 aromatic rings. The fraction of sp³-hybridized carbons (Fsp3) is 0.519. The van der Waals surface area contributed by atoms with Crippen LogP contribution in [0.2, 0.25) is 0 Å². The van der Waals surface area contributed by atoms with Gasteiger partial charge in [0.1, 0.15) is 11.4 Å². The summed E-state index contributed by atoms with van der Waals surface area (Å²) in [5, 5.41) is 5.98. The van der Waals surface area contributed by atoms with Gasteiger partial charge in [0, 0.05) is 44.0 Å². The van der Waals surface area contributed by atoms with Crippen molar-refractivity contribution in [1.82, 2.24) is 20.5 Å². The van der Waals surface area contributed by atoms with E-state index in [0.717, 1.165) is 32.5 Å². The van der Waals surface area contributed by atoms with Crippen molar-refractivity contribution < 1.29 is 18.7 Å². The first-order valence-electron chi connectivity index (χ1n) is 12.1. The molecule has 35 heavy (non-hydrogen) atoms. The Labute approximate surface area is 207 Å². The van der Waals surface area contributed by atoms with E-state index in [2.05, 4.69) is 34.4 Å². The first kappa shape index (κ1) is 26.6. The molecule has 1 saturated heterocycles. The van der Waals surface area contributed by atoms with Crippen LogP contribution in [0.4, 0.5) is 9.18 Å². The Morgan fingerprint density at radius 3 is 2.43 bits per heavy atom. The summed E-state index contributed by atoms with van der Waals surface area (Å²) in [6, 6.07) is 9.79. The van der Waals surface area contributed by atoms with E-state index in [1.807, 2.05) is 20.8 Å². The van der Waals surface area contributed by atoms with Crippen LogP contribution in [0.1, 0.15) is 57.8 Å². The van der Waals surface area contributed by atoms with Gasteiger partial charge < -0.3 is 20.3 Å². The highest BCUT2D eigenvalue weighted by Gasteiger charge is 2.28. The van der Waals surface area contributed by atoms with Crippen LogP contribution in [0.3, 0.4) is 0 Å². The zero-order valence-electron chi connectivity index (χ0n) is 21.4. The molecule has 1 aliphatic rings. The van der Waals surface area contributed by atoms with Gasteiger partial charge in [0.15, 0.2) is 0 Å². The molecule has 2 amide bonds. The summed E-state index contributed by atoms with van der Waals surface area (Å²) >= 11 is 0. The largest absolute Gasteiger partial charge is 0.444 e. The number of rotatable bonds is 7. The van der Waals surface area contributed by atoms with Gasteiger partial charge in [-0.15, -0.1) is 0 Å². The van der Waals surface area contributed by atoms with Gasteiger partial charge in [-0.25, -0.2) is 9.18 Å². The Morgan fingerprint density at radius 2 is 1.83 bits per heavy atom. The van der Waals surface area contributed by atoms with Crippen molar-refractivity contribution in [3.8, 4) is 11.3 Å². The number of halogens is 1. The number of aromatic nitrogens is 1. The zero-order valence-corrected chi connectivity index (χ0v) is 21.4. The molecule has 2 heterocycles. The summed E-state index contributed by atoms with van der Waals surface area (Å²) < 4.78 is 18.8. The third-order valence-corrected chi connectivity index (χ3v) is 5.83. The number of pyridine rings is 1. The molecule has 0 atom stereocenters. The second kappa shape index (κ2) is 11.2. The third kappa shape index (κ3) is 8.62. The van der Waals surface area contributed by atoms with Crippen molar-refractivity contribution in [3.05, 3.63) is 54.0 Å². The number of piperidine rings is 1. The summed E-state index contributed by atoms with van der Waals surface area (Å²) in [5.74, 6) is -0.469. The van der Waals surface area contributed by atoms with Crippen LogP contribution in [-0.2, 0) is 4.74 Å². The number of benzene rings is 1. The van der Waals surface area contributed by atoms with Crippen molar-refractivity contribution in [2.45, 2.75) is 59.1 Å². The lowest BCUT2D eigenvalue weighted by molar-refractivity contribution is 0.0490. The maximum absolute atomic E-state index is 13.4. The molecule has 2 N–H and O–H groups in total.